The van der Waals surface area contributed by atoms with Crippen LogP contribution in [0.1, 0.15) is 21.0 Å². The Morgan fingerprint density at radius 2 is 2.06 bits per heavy atom. The molecule has 0 saturated carbocycles. The van der Waals surface area contributed by atoms with E-state index in [1.807, 2.05) is 5.38 Å². The van der Waals surface area contributed by atoms with E-state index in [2.05, 4.69) is 26.2 Å². The van der Waals surface area contributed by atoms with Crippen LogP contribution in [0.15, 0.2) is 34.1 Å². The molecule has 1 amide bonds. The van der Waals surface area contributed by atoms with Gasteiger partial charge in [0.05, 0.1) is 5.00 Å². The number of carboxylic acids is 1. The molecule has 2 aromatic heterocycles. The third-order valence-electron chi connectivity index (χ3n) is 2.01. The topological polar surface area (TPSA) is 79.3 Å². The Balaban J connectivity index is 2.18. The molecule has 0 aromatic carbocycles. The highest BCUT2D eigenvalue weighted by Crippen LogP contribution is 2.24. The van der Waals surface area contributed by atoms with Crippen LogP contribution in [0.25, 0.3) is 0 Å². The number of aromatic carboxylic acids is 1. The summed E-state index contributed by atoms with van der Waals surface area (Å²) in [5.41, 5.74) is -0.0885. The van der Waals surface area contributed by atoms with Crippen molar-refractivity contribution in [1.29, 1.82) is 0 Å². The molecule has 0 radical (unpaired) electrons. The first-order valence-corrected chi connectivity index (χ1v) is 6.49. The van der Waals surface area contributed by atoms with Crippen molar-refractivity contribution >= 4 is 44.1 Å². The molecule has 7 heteroatoms. The lowest BCUT2D eigenvalue weighted by Gasteiger charge is -2.02. The maximum atomic E-state index is 11.8. The van der Waals surface area contributed by atoms with Crippen LogP contribution in [0, 0.1) is 0 Å². The van der Waals surface area contributed by atoms with Crippen molar-refractivity contribution in [3.05, 3.63) is 45.5 Å². The van der Waals surface area contributed by atoms with Crippen LogP contribution >= 0.6 is 27.3 Å². The lowest BCUT2D eigenvalue weighted by Crippen LogP contribution is -2.14. The van der Waals surface area contributed by atoms with Gasteiger partial charge in [-0.1, -0.05) is 6.07 Å². The molecule has 18 heavy (non-hydrogen) atoms. The number of halogens is 1. The number of aromatic nitrogens is 1. The SMILES string of the molecule is O=C(O)c1cccc(C(=O)Nc2cc(Br)cs2)n1. The number of hydrogen-bond acceptors (Lipinski definition) is 4. The summed E-state index contributed by atoms with van der Waals surface area (Å²) in [6.07, 6.45) is 0. The van der Waals surface area contributed by atoms with E-state index in [4.69, 9.17) is 5.11 Å². The highest BCUT2D eigenvalue weighted by Gasteiger charge is 2.12. The average Bonchev–Trinajstić information content (AvgIpc) is 2.75. The number of carbonyl (C=O) groups is 2. The summed E-state index contributed by atoms with van der Waals surface area (Å²) in [6.45, 7) is 0. The van der Waals surface area contributed by atoms with Crippen molar-refractivity contribution in [3.8, 4) is 0 Å². The minimum absolute atomic E-state index is 0.0689. The molecular weight excluding hydrogens is 320 g/mol. The molecule has 0 fully saturated rings. The van der Waals surface area contributed by atoms with Gasteiger partial charge in [-0.05, 0) is 34.1 Å². The summed E-state index contributed by atoms with van der Waals surface area (Å²) in [4.78, 5) is 26.3. The number of thiophene rings is 1. The van der Waals surface area contributed by atoms with E-state index in [-0.39, 0.29) is 11.4 Å². The van der Waals surface area contributed by atoms with Crippen LogP contribution in [-0.2, 0) is 0 Å². The van der Waals surface area contributed by atoms with Gasteiger partial charge < -0.3 is 10.4 Å². The number of carbonyl (C=O) groups excluding carboxylic acids is 1. The Morgan fingerprint density at radius 3 is 2.67 bits per heavy atom. The summed E-state index contributed by atoms with van der Waals surface area (Å²) >= 11 is 4.63. The first-order valence-electron chi connectivity index (χ1n) is 4.82. The van der Waals surface area contributed by atoms with Crippen molar-refractivity contribution in [2.24, 2.45) is 0 Å². The van der Waals surface area contributed by atoms with E-state index in [1.54, 1.807) is 6.07 Å². The number of nitrogens with zero attached hydrogens (tertiary/aromatic N) is 1. The summed E-state index contributed by atoms with van der Waals surface area (Å²) in [5.74, 6) is -1.60. The van der Waals surface area contributed by atoms with Crippen LogP contribution in [0.4, 0.5) is 5.00 Å². The number of rotatable bonds is 3. The summed E-state index contributed by atoms with van der Waals surface area (Å²) in [5, 5.41) is 13.9. The molecule has 0 aliphatic rings. The number of pyridine rings is 1. The molecule has 0 spiro atoms. The number of amides is 1. The van der Waals surface area contributed by atoms with Crippen LogP contribution in [-0.4, -0.2) is 22.0 Å². The Kier molecular flexibility index (Phi) is 3.73. The van der Waals surface area contributed by atoms with Crippen LogP contribution in [0.5, 0.6) is 0 Å². The zero-order chi connectivity index (χ0) is 13.1. The van der Waals surface area contributed by atoms with E-state index in [0.717, 1.165) is 4.47 Å². The van der Waals surface area contributed by atoms with Crippen molar-refractivity contribution in [2.45, 2.75) is 0 Å². The minimum atomic E-state index is -1.16. The molecule has 0 aliphatic heterocycles. The van der Waals surface area contributed by atoms with E-state index in [9.17, 15) is 9.59 Å². The van der Waals surface area contributed by atoms with E-state index in [0.29, 0.717) is 5.00 Å². The molecule has 0 aliphatic carbocycles. The zero-order valence-electron chi connectivity index (χ0n) is 8.88. The second kappa shape index (κ2) is 5.28. The first-order chi connectivity index (χ1) is 8.56. The lowest BCUT2D eigenvalue weighted by molar-refractivity contribution is 0.0690. The van der Waals surface area contributed by atoms with Gasteiger partial charge in [-0.3, -0.25) is 4.79 Å². The van der Waals surface area contributed by atoms with Gasteiger partial charge in [-0.25, -0.2) is 9.78 Å². The third kappa shape index (κ3) is 2.93. The van der Waals surface area contributed by atoms with Crippen LogP contribution < -0.4 is 5.32 Å². The number of anilines is 1. The monoisotopic (exact) mass is 326 g/mol. The predicted octanol–water partition coefficient (Wildman–Crippen LogP) is 2.86. The normalized spacial score (nSPS) is 10.1. The predicted molar refractivity (Wildman–Crippen MR) is 71.2 cm³/mol. The van der Waals surface area contributed by atoms with Gasteiger partial charge in [0, 0.05) is 9.85 Å². The molecule has 2 aromatic rings. The van der Waals surface area contributed by atoms with Crippen LogP contribution in [0.3, 0.4) is 0 Å². The standard InChI is InChI=1S/C11H7BrN2O3S/c12-6-4-9(18-5-6)14-10(15)7-2-1-3-8(13-7)11(16)17/h1-5H,(H,14,15)(H,16,17). The molecule has 0 saturated heterocycles. The highest BCUT2D eigenvalue weighted by atomic mass is 79.9. The molecular formula is C11H7BrN2O3S. The van der Waals surface area contributed by atoms with Crippen molar-refractivity contribution < 1.29 is 14.7 Å². The van der Waals surface area contributed by atoms with Crippen molar-refractivity contribution in [2.75, 3.05) is 5.32 Å². The quantitative estimate of drug-likeness (QED) is 0.908. The number of hydrogen-bond donors (Lipinski definition) is 2. The smallest absolute Gasteiger partial charge is 0.354 e. The van der Waals surface area contributed by atoms with Crippen molar-refractivity contribution in [3.63, 3.8) is 0 Å². The third-order valence-corrected chi connectivity index (χ3v) is 3.61. The van der Waals surface area contributed by atoms with Gasteiger partial charge in [0.1, 0.15) is 11.4 Å². The Morgan fingerprint density at radius 1 is 1.33 bits per heavy atom. The van der Waals surface area contributed by atoms with Gasteiger partial charge in [0.15, 0.2) is 0 Å². The summed E-state index contributed by atoms with van der Waals surface area (Å²) in [7, 11) is 0. The lowest BCUT2D eigenvalue weighted by atomic mass is 10.3. The van der Waals surface area contributed by atoms with Gasteiger partial charge in [0.2, 0.25) is 0 Å². The van der Waals surface area contributed by atoms with E-state index < -0.39 is 11.9 Å². The molecule has 2 rings (SSSR count). The van der Waals surface area contributed by atoms with Gasteiger partial charge in [0.25, 0.3) is 5.91 Å². The summed E-state index contributed by atoms with van der Waals surface area (Å²) < 4.78 is 0.870. The van der Waals surface area contributed by atoms with E-state index in [1.165, 1.54) is 29.5 Å². The Labute approximate surface area is 115 Å². The first kappa shape index (κ1) is 12.7. The second-order valence-electron chi connectivity index (χ2n) is 3.30. The molecule has 0 bridgehead atoms. The van der Waals surface area contributed by atoms with Gasteiger partial charge in [-0.15, -0.1) is 11.3 Å². The molecule has 92 valence electrons. The molecule has 0 unspecified atom stereocenters. The van der Waals surface area contributed by atoms with Gasteiger partial charge in [-0.2, -0.15) is 0 Å². The largest absolute Gasteiger partial charge is 0.477 e. The molecule has 2 N–H and O–H groups in total. The summed E-state index contributed by atoms with van der Waals surface area (Å²) in [6, 6.07) is 6.03. The fourth-order valence-corrected chi connectivity index (χ4v) is 2.55. The molecule has 2 heterocycles. The maximum absolute atomic E-state index is 11.8. The fraction of sp³-hybridized carbons (Fsp3) is 0. The Hall–Kier alpha value is -1.73. The Bertz CT molecular complexity index is 612. The molecule has 0 atom stereocenters. The second-order valence-corrected chi connectivity index (χ2v) is 5.12. The fourth-order valence-electron chi connectivity index (χ4n) is 1.23. The maximum Gasteiger partial charge on any atom is 0.354 e. The molecule has 5 nitrogen and oxygen atoms in total. The number of nitrogens with one attached hydrogen (secondary N) is 1. The zero-order valence-corrected chi connectivity index (χ0v) is 11.3. The van der Waals surface area contributed by atoms with Crippen LogP contribution in [0.2, 0.25) is 0 Å². The number of carboxylic acid groups (broad SMARTS) is 1. The van der Waals surface area contributed by atoms with Crippen molar-refractivity contribution in [1.82, 2.24) is 4.98 Å². The highest BCUT2D eigenvalue weighted by molar-refractivity contribution is 9.10. The van der Waals surface area contributed by atoms with E-state index >= 15 is 0 Å². The minimum Gasteiger partial charge on any atom is -0.477 e. The average molecular weight is 327 g/mol. The van der Waals surface area contributed by atoms with Gasteiger partial charge >= 0.3 is 5.97 Å².